The first-order chi connectivity index (χ1) is 9.40. The highest BCUT2D eigenvalue weighted by molar-refractivity contribution is 7.11. The molecule has 20 heavy (non-hydrogen) atoms. The number of carbonyl (C=O) groups is 2. The molecule has 0 bridgehead atoms. The molecule has 1 heterocycles. The summed E-state index contributed by atoms with van der Waals surface area (Å²) in [6.07, 6.45) is 0. The number of hydrogen-bond donors (Lipinski definition) is 3. The van der Waals surface area contributed by atoms with Crippen molar-refractivity contribution in [3.8, 4) is 0 Å². The highest BCUT2D eigenvalue weighted by atomic mass is 32.1. The zero-order valence-corrected chi connectivity index (χ0v) is 11.7. The average Bonchev–Trinajstić information content (AvgIpc) is 2.73. The van der Waals surface area contributed by atoms with Gasteiger partial charge >= 0.3 is 5.97 Å². The first-order valence-electron chi connectivity index (χ1n) is 5.77. The van der Waals surface area contributed by atoms with E-state index in [1.54, 1.807) is 32.0 Å². The van der Waals surface area contributed by atoms with Crippen LogP contribution in [0.4, 0.5) is 10.7 Å². The van der Waals surface area contributed by atoms with Gasteiger partial charge in [-0.1, -0.05) is 0 Å². The number of aromatic nitrogens is 1. The molecule has 1 aromatic carbocycles. The van der Waals surface area contributed by atoms with Crippen LogP contribution in [0.1, 0.15) is 32.0 Å². The molecule has 1 aromatic heterocycles. The molecule has 0 aliphatic heterocycles. The number of nitrogens with zero attached hydrogens (tertiary/aromatic N) is 1. The van der Waals surface area contributed by atoms with Crippen LogP contribution in [0.15, 0.2) is 18.2 Å². The number of carbonyl (C=O) groups excluding carboxylic acids is 1. The fourth-order valence-electron chi connectivity index (χ4n) is 1.70. The number of benzene rings is 1. The van der Waals surface area contributed by atoms with Crippen molar-refractivity contribution < 1.29 is 14.7 Å². The molecular formula is C13H13N3O3S. The summed E-state index contributed by atoms with van der Waals surface area (Å²) in [5.41, 5.74) is 7.90. The summed E-state index contributed by atoms with van der Waals surface area (Å²) in [4.78, 5) is 23.2. The SMILES string of the molecule is Cc1cc(C(=O)Nc2snc(C)c2C(=O)O)ccc1N. The van der Waals surface area contributed by atoms with Gasteiger partial charge in [0.25, 0.3) is 5.91 Å². The van der Waals surface area contributed by atoms with Crippen LogP contribution >= 0.6 is 11.5 Å². The van der Waals surface area contributed by atoms with E-state index in [2.05, 4.69) is 9.69 Å². The summed E-state index contributed by atoms with van der Waals surface area (Å²) < 4.78 is 3.94. The minimum absolute atomic E-state index is 0.0236. The van der Waals surface area contributed by atoms with Crippen LogP contribution in [0.5, 0.6) is 0 Å². The van der Waals surface area contributed by atoms with Crippen molar-refractivity contribution in [1.82, 2.24) is 4.37 Å². The van der Waals surface area contributed by atoms with Gasteiger partial charge in [0.05, 0.1) is 5.69 Å². The minimum atomic E-state index is -1.11. The van der Waals surface area contributed by atoms with Gasteiger partial charge in [0.15, 0.2) is 0 Å². The van der Waals surface area contributed by atoms with Gasteiger partial charge in [0.2, 0.25) is 0 Å². The highest BCUT2D eigenvalue weighted by Gasteiger charge is 2.19. The number of aromatic carboxylic acids is 1. The Kier molecular flexibility index (Phi) is 3.71. The average molecular weight is 291 g/mol. The van der Waals surface area contributed by atoms with Gasteiger partial charge in [-0.15, -0.1) is 0 Å². The van der Waals surface area contributed by atoms with Gasteiger partial charge < -0.3 is 16.2 Å². The second-order valence-corrected chi connectivity index (χ2v) is 5.08. The molecular weight excluding hydrogens is 278 g/mol. The number of rotatable bonds is 3. The third kappa shape index (κ3) is 2.62. The number of amides is 1. The maximum atomic E-state index is 12.1. The second kappa shape index (κ2) is 5.30. The van der Waals surface area contributed by atoms with E-state index in [4.69, 9.17) is 10.8 Å². The summed E-state index contributed by atoms with van der Waals surface area (Å²) in [6.45, 7) is 3.38. The molecule has 6 nitrogen and oxygen atoms in total. The molecule has 0 atom stereocenters. The minimum Gasteiger partial charge on any atom is -0.478 e. The number of carboxylic acids is 1. The maximum Gasteiger partial charge on any atom is 0.340 e. The summed E-state index contributed by atoms with van der Waals surface area (Å²) in [5, 5.41) is 11.9. The number of anilines is 2. The van der Waals surface area contributed by atoms with E-state index in [0.717, 1.165) is 17.1 Å². The van der Waals surface area contributed by atoms with Crippen molar-refractivity contribution in [2.75, 3.05) is 11.1 Å². The van der Waals surface area contributed by atoms with Crippen LogP contribution in [0, 0.1) is 13.8 Å². The van der Waals surface area contributed by atoms with E-state index in [1.807, 2.05) is 0 Å². The van der Waals surface area contributed by atoms with Gasteiger partial charge in [-0.05, 0) is 49.1 Å². The Morgan fingerprint density at radius 2 is 2.05 bits per heavy atom. The molecule has 104 valence electrons. The molecule has 0 fully saturated rings. The molecule has 1 amide bonds. The van der Waals surface area contributed by atoms with E-state index >= 15 is 0 Å². The topological polar surface area (TPSA) is 105 Å². The molecule has 2 aromatic rings. The predicted molar refractivity (Wildman–Crippen MR) is 77.4 cm³/mol. The van der Waals surface area contributed by atoms with Crippen LogP contribution in [0.3, 0.4) is 0 Å². The normalized spacial score (nSPS) is 10.3. The lowest BCUT2D eigenvalue weighted by Gasteiger charge is -2.06. The Morgan fingerprint density at radius 3 is 2.65 bits per heavy atom. The number of carboxylic acid groups (broad SMARTS) is 1. The Morgan fingerprint density at radius 1 is 1.35 bits per heavy atom. The number of aryl methyl sites for hydroxylation is 2. The van der Waals surface area contributed by atoms with Gasteiger partial charge in [-0.3, -0.25) is 4.79 Å². The Balaban J connectivity index is 2.28. The van der Waals surface area contributed by atoms with E-state index in [-0.39, 0.29) is 16.5 Å². The first kappa shape index (κ1) is 14.0. The predicted octanol–water partition coefficient (Wildman–Crippen LogP) is 2.29. The van der Waals surface area contributed by atoms with E-state index < -0.39 is 5.97 Å². The van der Waals surface area contributed by atoms with Crippen molar-refractivity contribution >= 4 is 34.1 Å². The number of nitrogen functional groups attached to an aromatic ring is 1. The van der Waals surface area contributed by atoms with Crippen LogP contribution in [0.2, 0.25) is 0 Å². The summed E-state index contributed by atoms with van der Waals surface area (Å²) in [6, 6.07) is 4.88. The van der Waals surface area contributed by atoms with Crippen molar-refractivity contribution in [1.29, 1.82) is 0 Å². The van der Waals surface area contributed by atoms with Crippen LogP contribution in [0.25, 0.3) is 0 Å². The molecule has 0 radical (unpaired) electrons. The maximum absolute atomic E-state index is 12.1. The van der Waals surface area contributed by atoms with E-state index in [1.165, 1.54) is 0 Å². The standard InChI is InChI=1S/C13H13N3O3S/c1-6-5-8(3-4-9(6)14)11(17)15-12-10(13(18)19)7(2)16-20-12/h3-5H,14H2,1-2H3,(H,15,17)(H,18,19). The van der Waals surface area contributed by atoms with Crippen molar-refractivity contribution in [2.45, 2.75) is 13.8 Å². The molecule has 4 N–H and O–H groups in total. The fraction of sp³-hybridized carbons (Fsp3) is 0.154. The van der Waals surface area contributed by atoms with E-state index in [9.17, 15) is 9.59 Å². The monoisotopic (exact) mass is 291 g/mol. The van der Waals surface area contributed by atoms with Gasteiger partial charge in [0, 0.05) is 11.3 Å². The van der Waals surface area contributed by atoms with Gasteiger partial charge in [-0.2, -0.15) is 4.37 Å². The van der Waals surface area contributed by atoms with Crippen molar-refractivity contribution in [3.05, 3.63) is 40.6 Å². The molecule has 2 rings (SSSR count). The van der Waals surface area contributed by atoms with Crippen molar-refractivity contribution in [2.24, 2.45) is 0 Å². The van der Waals surface area contributed by atoms with Gasteiger partial charge in [-0.25, -0.2) is 4.79 Å². The molecule has 0 spiro atoms. The second-order valence-electron chi connectivity index (χ2n) is 4.30. The number of hydrogen-bond acceptors (Lipinski definition) is 5. The van der Waals surface area contributed by atoms with Crippen LogP contribution in [-0.2, 0) is 0 Å². The van der Waals surface area contributed by atoms with Crippen LogP contribution < -0.4 is 11.1 Å². The summed E-state index contributed by atoms with van der Waals surface area (Å²) in [7, 11) is 0. The Hall–Kier alpha value is -2.41. The molecule has 0 aliphatic carbocycles. The summed E-state index contributed by atoms with van der Waals surface area (Å²) in [5.74, 6) is -1.50. The Labute approximate surface area is 119 Å². The largest absolute Gasteiger partial charge is 0.478 e. The quantitative estimate of drug-likeness (QED) is 0.752. The molecule has 0 saturated heterocycles. The lowest BCUT2D eigenvalue weighted by Crippen LogP contribution is -2.14. The zero-order chi connectivity index (χ0) is 14.9. The number of nitrogens with two attached hydrogens (primary N) is 1. The lowest BCUT2D eigenvalue weighted by molar-refractivity contribution is 0.0697. The Bertz CT molecular complexity index is 694. The third-order valence-electron chi connectivity index (χ3n) is 2.84. The van der Waals surface area contributed by atoms with Crippen LogP contribution in [-0.4, -0.2) is 21.4 Å². The highest BCUT2D eigenvalue weighted by Crippen LogP contribution is 2.25. The molecule has 0 unspecified atom stereocenters. The fourth-order valence-corrected chi connectivity index (χ4v) is 2.48. The third-order valence-corrected chi connectivity index (χ3v) is 3.69. The molecule has 7 heteroatoms. The van der Waals surface area contributed by atoms with Gasteiger partial charge in [0.1, 0.15) is 10.6 Å². The smallest absolute Gasteiger partial charge is 0.340 e. The first-order valence-corrected chi connectivity index (χ1v) is 6.54. The van der Waals surface area contributed by atoms with E-state index in [0.29, 0.717) is 16.9 Å². The number of nitrogens with one attached hydrogen (secondary N) is 1. The molecule has 0 saturated carbocycles. The van der Waals surface area contributed by atoms with Crippen molar-refractivity contribution in [3.63, 3.8) is 0 Å². The molecule has 0 aliphatic rings. The summed E-state index contributed by atoms with van der Waals surface area (Å²) >= 11 is 0.947. The lowest BCUT2D eigenvalue weighted by atomic mass is 10.1. The zero-order valence-electron chi connectivity index (χ0n) is 10.9.